The molecule has 0 saturated carbocycles. The SMILES string of the molecule is CCOc1ccccc1-c1nc(C2CC(=O)N(c3cc(OC)ccc3C)C2)no1. The van der Waals surface area contributed by atoms with Crippen LogP contribution in [0, 0.1) is 6.92 Å². The summed E-state index contributed by atoms with van der Waals surface area (Å²) in [6.07, 6.45) is 0.336. The molecule has 0 radical (unpaired) electrons. The first-order chi connectivity index (χ1) is 14.1. The van der Waals surface area contributed by atoms with Gasteiger partial charge in [0.05, 0.1) is 25.0 Å². The van der Waals surface area contributed by atoms with Crippen molar-refractivity contribution in [2.75, 3.05) is 25.2 Å². The van der Waals surface area contributed by atoms with E-state index in [0.717, 1.165) is 22.6 Å². The second-order valence-corrected chi connectivity index (χ2v) is 6.94. The molecular formula is C22H23N3O4. The fraction of sp³-hybridized carbons (Fsp3) is 0.318. The van der Waals surface area contributed by atoms with Crippen molar-refractivity contribution in [3.8, 4) is 23.0 Å². The molecule has 1 amide bonds. The molecule has 1 aliphatic heterocycles. The first-order valence-corrected chi connectivity index (χ1v) is 9.61. The molecule has 150 valence electrons. The minimum Gasteiger partial charge on any atom is -0.497 e. The summed E-state index contributed by atoms with van der Waals surface area (Å²) < 4.78 is 16.5. The number of amides is 1. The van der Waals surface area contributed by atoms with Crippen LogP contribution in [0.2, 0.25) is 0 Å². The molecule has 2 heterocycles. The number of carbonyl (C=O) groups excluding carboxylic acids is 1. The lowest BCUT2D eigenvalue weighted by Crippen LogP contribution is -2.25. The highest BCUT2D eigenvalue weighted by atomic mass is 16.5. The maximum absolute atomic E-state index is 12.7. The van der Waals surface area contributed by atoms with Gasteiger partial charge in [0, 0.05) is 24.9 Å². The highest BCUT2D eigenvalue weighted by Crippen LogP contribution is 2.35. The molecule has 1 unspecified atom stereocenters. The lowest BCUT2D eigenvalue weighted by atomic mass is 10.1. The topological polar surface area (TPSA) is 77.7 Å². The maximum Gasteiger partial charge on any atom is 0.261 e. The minimum absolute atomic E-state index is 0.0346. The van der Waals surface area contributed by atoms with Gasteiger partial charge in [-0.25, -0.2) is 0 Å². The highest BCUT2D eigenvalue weighted by Gasteiger charge is 2.35. The van der Waals surface area contributed by atoms with Gasteiger partial charge < -0.3 is 18.9 Å². The summed E-state index contributed by atoms with van der Waals surface area (Å²) in [6.45, 7) is 4.95. The molecule has 4 rings (SSSR count). The number of rotatable bonds is 6. The van der Waals surface area contributed by atoms with Gasteiger partial charge in [-0.2, -0.15) is 4.98 Å². The normalized spacial score (nSPS) is 16.3. The van der Waals surface area contributed by atoms with Gasteiger partial charge in [0.1, 0.15) is 11.5 Å². The molecule has 7 heteroatoms. The van der Waals surface area contributed by atoms with E-state index in [9.17, 15) is 4.79 Å². The van der Waals surface area contributed by atoms with Crippen LogP contribution in [-0.2, 0) is 4.79 Å². The van der Waals surface area contributed by atoms with Gasteiger partial charge in [-0.05, 0) is 37.6 Å². The number of hydrogen-bond donors (Lipinski definition) is 0. The Kier molecular flexibility index (Phi) is 5.20. The minimum atomic E-state index is -0.134. The smallest absolute Gasteiger partial charge is 0.261 e. The number of carbonyl (C=O) groups is 1. The molecule has 1 aliphatic rings. The van der Waals surface area contributed by atoms with Crippen LogP contribution in [0.1, 0.15) is 30.7 Å². The zero-order chi connectivity index (χ0) is 20.4. The fourth-order valence-electron chi connectivity index (χ4n) is 3.56. The van der Waals surface area contributed by atoms with Crippen molar-refractivity contribution < 1.29 is 18.8 Å². The Labute approximate surface area is 169 Å². The van der Waals surface area contributed by atoms with Crippen molar-refractivity contribution in [3.63, 3.8) is 0 Å². The molecule has 1 aromatic heterocycles. The summed E-state index contributed by atoms with van der Waals surface area (Å²) in [5.41, 5.74) is 2.61. The van der Waals surface area contributed by atoms with Crippen LogP contribution in [0.4, 0.5) is 5.69 Å². The number of hydrogen-bond acceptors (Lipinski definition) is 6. The predicted molar refractivity (Wildman–Crippen MR) is 108 cm³/mol. The highest BCUT2D eigenvalue weighted by molar-refractivity contribution is 5.97. The van der Waals surface area contributed by atoms with Gasteiger partial charge in [0.25, 0.3) is 5.89 Å². The third-order valence-electron chi connectivity index (χ3n) is 5.06. The molecule has 2 aromatic carbocycles. The van der Waals surface area contributed by atoms with Crippen molar-refractivity contribution in [2.45, 2.75) is 26.2 Å². The summed E-state index contributed by atoms with van der Waals surface area (Å²) in [5.74, 6) is 2.24. The molecule has 0 aliphatic carbocycles. The van der Waals surface area contributed by atoms with E-state index in [2.05, 4.69) is 10.1 Å². The third kappa shape index (κ3) is 3.68. The Morgan fingerprint density at radius 1 is 1.24 bits per heavy atom. The third-order valence-corrected chi connectivity index (χ3v) is 5.06. The van der Waals surface area contributed by atoms with E-state index in [4.69, 9.17) is 14.0 Å². The second kappa shape index (κ2) is 7.95. The molecule has 1 atom stereocenters. The van der Waals surface area contributed by atoms with Crippen molar-refractivity contribution in [1.82, 2.24) is 10.1 Å². The number of nitrogens with zero attached hydrogens (tertiary/aromatic N) is 3. The maximum atomic E-state index is 12.7. The molecule has 7 nitrogen and oxygen atoms in total. The largest absolute Gasteiger partial charge is 0.497 e. The lowest BCUT2D eigenvalue weighted by Gasteiger charge is -2.19. The zero-order valence-electron chi connectivity index (χ0n) is 16.7. The molecule has 3 aromatic rings. The van der Waals surface area contributed by atoms with Crippen LogP contribution in [-0.4, -0.2) is 36.3 Å². The van der Waals surface area contributed by atoms with E-state index in [1.165, 1.54) is 0 Å². The number of benzene rings is 2. The van der Waals surface area contributed by atoms with Crippen molar-refractivity contribution in [3.05, 3.63) is 53.9 Å². The Bertz CT molecular complexity index is 1030. The number of anilines is 1. The molecule has 29 heavy (non-hydrogen) atoms. The molecule has 0 spiro atoms. The van der Waals surface area contributed by atoms with E-state index in [-0.39, 0.29) is 11.8 Å². The summed E-state index contributed by atoms with van der Waals surface area (Å²) in [6, 6.07) is 13.3. The standard InChI is InChI=1S/C22H23N3O4/c1-4-28-19-8-6-5-7-17(19)22-23-21(24-29-22)15-11-20(26)25(13-15)18-12-16(27-3)10-9-14(18)2/h5-10,12,15H,4,11,13H2,1-3H3. The molecule has 1 saturated heterocycles. The summed E-state index contributed by atoms with van der Waals surface area (Å²) in [4.78, 5) is 19.0. The van der Waals surface area contributed by atoms with E-state index >= 15 is 0 Å². The number of ether oxygens (including phenoxy) is 2. The lowest BCUT2D eigenvalue weighted by molar-refractivity contribution is -0.117. The average molecular weight is 393 g/mol. The monoisotopic (exact) mass is 393 g/mol. The van der Waals surface area contributed by atoms with Gasteiger partial charge in [-0.1, -0.05) is 23.4 Å². The number of aromatic nitrogens is 2. The molecular weight excluding hydrogens is 370 g/mol. The summed E-state index contributed by atoms with van der Waals surface area (Å²) in [5, 5.41) is 4.15. The molecule has 0 N–H and O–H groups in total. The summed E-state index contributed by atoms with van der Waals surface area (Å²) >= 11 is 0. The number of para-hydroxylation sites is 1. The van der Waals surface area contributed by atoms with Gasteiger partial charge in [0.15, 0.2) is 5.82 Å². The number of aryl methyl sites for hydroxylation is 1. The Morgan fingerprint density at radius 2 is 2.07 bits per heavy atom. The molecule has 0 bridgehead atoms. The van der Waals surface area contributed by atoms with Crippen LogP contribution >= 0.6 is 0 Å². The first kappa shape index (κ1) is 19.0. The van der Waals surface area contributed by atoms with Crippen LogP contribution in [0.3, 0.4) is 0 Å². The van der Waals surface area contributed by atoms with Gasteiger partial charge in [-0.15, -0.1) is 0 Å². The van der Waals surface area contributed by atoms with Gasteiger partial charge in [0.2, 0.25) is 5.91 Å². The van der Waals surface area contributed by atoms with Crippen LogP contribution in [0.15, 0.2) is 47.0 Å². The fourth-order valence-corrected chi connectivity index (χ4v) is 3.56. The predicted octanol–water partition coefficient (Wildman–Crippen LogP) is 3.97. The van der Waals surface area contributed by atoms with Crippen LogP contribution < -0.4 is 14.4 Å². The Hall–Kier alpha value is -3.35. The second-order valence-electron chi connectivity index (χ2n) is 6.94. The van der Waals surface area contributed by atoms with Gasteiger partial charge in [-0.3, -0.25) is 4.79 Å². The summed E-state index contributed by atoms with van der Waals surface area (Å²) in [7, 11) is 1.62. The van der Waals surface area contributed by atoms with Crippen LogP contribution in [0.25, 0.3) is 11.5 Å². The van der Waals surface area contributed by atoms with Gasteiger partial charge >= 0.3 is 0 Å². The van der Waals surface area contributed by atoms with Crippen molar-refractivity contribution >= 4 is 11.6 Å². The first-order valence-electron chi connectivity index (χ1n) is 9.61. The van der Waals surface area contributed by atoms with E-state index < -0.39 is 0 Å². The Morgan fingerprint density at radius 3 is 2.86 bits per heavy atom. The quantitative estimate of drug-likeness (QED) is 0.631. The van der Waals surface area contributed by atoms with Crippen molar-refractivity contribution in [1.29, 1.82) is 0 Å². The van der Waals surface area contributed by atoms with Crippen LogP contribution in [0.5, 0.6) is 11.5 Å². The van der Waals surface area contributed by atoms with Crippen molar-refractivity contribution in [2.24, 2.45) is 0 Å². The average Bonchev–Trinajstić information content (AvgIpc) is 3.36. The van der Waals surface area contributed by atoms with E-state index in [1.54, 1.807) is 12.0 Å². The van der Waals surface area contributed by atoms with E-state index in [0.29, 0.717) is 37.0 Å². The van der Waals surface area contributed by atoms with E-state index in [1.807, 2.05) is 56.3 Å². The Balaban J connectivity index is 1.58. The zero-order valence-corrected chi connectivity index (χ0v) is 16.7. The number of methoxy groups -OCH3 is 1. The molecule has 1 fully saturated rings.